The molecule has 0 spiro atoms. The van der Waals surface area contributed by atoms with Crippen molar-refractivity contribution in [2.75, 3.05) is 31.1 Å². The van der Waals surface area contributed by atoms with E-state index in [4.69, 9.17) is 23.1 Å². The number of primary amides is 1. The van der Waals surface area contributed by atoms with Gasteiger partial charge in [-0.05, 0) is 24.2 Å². The molecule has 2 N–H and O–H groups in total. The molecule has 3 heterocycles. The molecule has 0 aliphatic carbocycles. The third kappa shape index (κ3) is 5.14. The maximum absolute atomic E-state index is 11.2. The number of amides is 1. The molecule has 2 aromatic rings. The molecule has 1 aliphatic rings. The molecule has 1 fully saturated rings. The van der Waals surface area contributed by atoms with E-state index >= 15 is 0 Å². The molecule has 28 heavy (non-hydrogen) atoms. The molecule has 10 heteroatoms. The molecular formula is C18H28N8OS. The number of piperazine rings is 1. The van der Waals surface area contributed by atoms with Crippen molar-refractivity contribution in [2.24, 2.45) is 11.7 Å². The average molecular weight is 405 g/mol. The fourth-order valence-corrected chi connectivity index (χ4v) is 3.56. The molecule has 2 aromatic heterocycles. The summed E-state index contributed by atoms with van der Waals surface area (Å²) in [7, 11) is 0. The summed E-state index contributed by atoms with van der Waals surface area (Å²) >= 11 is 5.67. The Kier molecular flexibility index (Phi) is 6.74. The molecular weight excluding hydrogens is 376 g/mol. The summed E-state index contributed by atoms with van der Waals surface area (Å²) in [4.78, 5) is 24.3. The van der Waals surface area contributed by atoms with Gasteiger partial charge in [-0.25, -0.2) is 14.6 Å². The quantitative estimate of drug-likeness (QED) is 0.657. The van der Waals surface area contributed by atoms with E-state index in [0.29, 0.717) is 23.8 Å². The number of hydrogen-bond donors (Lipinski definition) is 1. The first kappa shape index (κ1) is 20.4. The number of carbonyl (C=O) groups excluding carboxylic acids is 1. The summed E-state index contributed by atoms with van der Waals surface area (Å²) in [5.74, 6) is 1.71. The Morgan fingerprint density at radius 1 is 1.21 bits per heavy atom. The Bertz CT molecular complexity index is 839. The number of nitrogens with zero attached hydrogens (tertiary/aromatic N) is 7. The average Bonchev–Trinajstić information content (AvgIpc) is 2.96. The molecule has 1 saturated heterocycles. The number of anilines is 1. The summed E-state index contributed by atoms with van der Waals surface area (Å²) in [5, 5.41) is 4.69. The molecule has 0 atom stereocenters. The highest BCUT2D eigenvalue weighted by molar-refractivity contribution is 7.71. The van der Waals surface area contributed by atoms with Crippen molar-refractivity contribution in [3.05, 3.63) is 29.1 Å². The summed E-state index contributed by atoms with van der Waals surface area (Å²) < 4.78 is 4.60. The highest BCUT2D eigenvalue weighted by Gasteiger charge is 2.20. The number of nitrogens with two attached hydrogens (primary N) is 1. The van der Waals surface area contributed by atoms with Crippen LogP contribution in [0.1, 0.15) is 26.1 Å². The zero-order chi connectivity index (χ0) is 20.1. The summed E-state index contributed by atoms with van der Waals surface area (Å²) in [6, 6.07) is 1.82. The molecule has 0 aromatic carbocycles. The van der Waals surface area contributed by atoms with Crippen molar-refractivity contribution in [3.8, 4) is 0 Å². The molecule has 0 unspecified atom stereocenters. The minimum Gasteiger partial charge on any atom is -0.370 e. The molecule has 1 amide bonds. The second-order valence-electron chi connectivity index (χ2n) is 7.46. The first-order valence-corrected chi connectivity index (χ1v) is 10.0. The van der Waals surface area contributed by atoms with Gasteiger partial charge < -0.3 is 15.2 Å². The van der Waals surface area contributed by atoms with Crippen LogP contribution in [0.5, 0.6) is 0 Å². The Balaban J connectivity index is 1.67. The van der Waals surface area contributed by atoms with E-state index in [1.54, 1.807) is 12.4 Å². The maximum Gasteiger partial charge on any atom is 0.225 e. The number of aryl methyl sites for hydroxylation is 1. The second-order valence-corrected chi connectivity index (χ2v) is 7.83. The first-order valence-electron chi connectivity index (χ1n) is 9.63. The Labute approximate surface area is 170 Å². The molecule has 3 rings (SSSR count). The van der Waals surface area contributed by atoms with Gasteiger partial charge in [0.05, 0.1) is 6.67 Å². The largest absolute Gasteiger partial charge is 0.370 e. The Morgan fingerprint density at radius 2 is 1.89 bits per heavy atom. The van der Waals surface area contributed by atoms with Crippen LogP contribution in [0.2, 0.25) is 0 Å². The standard InChI is InChI=1S/C18H28N8OS/c1-14(2)12-25-16(5-4-15(19)27)22-26(18(25)28)13-23-8-10-24(11-9-23)17-20-6-3-7-21-17/h3,6-7,14H,4-5,8-13H2,1-2H3,(H2,19,27). The van der Waals surface area contributed by atoms with Gasteiger partial charge in [-0.1, -0.05) is 13.8 Å². The lowest BCUT2D eigenvalue weighted by Gasteiger charge is -2.34. The van der Waals surface area contributed by atoms with Gasteiger partial charge in [-0.2, -0.15) is 5.10 Å². The Morgan fingerprint density at radius 3 is 2.50 bits per heavy atom. The first-order chi connectivity index (χ1) is 13.4. The zero-order valence-corrected chi connectivity index (χ0v) is 17.3. The number of carbonyl (C=O) groups is 1. The van der Waals surface area contributed by atoms with Crippen molar-refractivity contribution in [2.45, 2.75) is 39.9 Å². The van der Waals surface area contributed by atoms with Crippen LogP contribution < -0.4 is 10.6 Å². The van der Waals surface area contributed by atoms with Crippen LogP contribution in [0.4, 0.5) is 5.95 Å². The molecule has 152 valence electrons. The summed E-state index contributed by atoms with van der Waals surface area (Å²) in [6.45, 7) is 9.19. The van der Waals surface area contributed by atoms with Crippen LogP contribution >= 0.6 is 12.2 Å². The van der Waals surface area contributed by atoms with Gasteiger partial charge in [0.15, 0.2) is 4.77 Å². The fourth-order valence-electron chi connectivity index (χ4n) is 3.28. The topological polar surface area (TPSA) is 98.1 Å². The second kappa shape index (κ2) is 9.24. The molecule has 9 nitrogen and oxygen atoms in total. The molecule has 0 bridgehead atoms. The SMILES string of the molecule is CC(C)Cn1c(CCC(N)=O)nn(CN2CCN(c3ncccn3)CC2)c1=S. The minimum absolute atomic E-state index is 0.277. The van der Waals surface area contributed by atoms with Crippen LogP contribution in [-0.4, -0.2) is 61.3 Å². The highest BCUT2D eigenvalue weighted by Crippen LogP contribution is 2.13. The van der Waals surface area contributed by atoms with E-state index in [1.165, 1.54) is 0 Å². The number of aromatic nitrogens is 5. The minimum atomic E-state index is -0.323. The summed E-state index contributed by atoms with van der Waals surface area (Å²) in [5.41, 5.74) is 5.31. The number of rotatable bonds is 8. The molecule has 0 saturated carbocycles. The van der Waals surface area contributed by atoms with Crippen LogP contribution in [0, 0.1) is 10.7 Å². The van der Waals surface area contributed by atoms with Gasteiger partial charge in [-0.15, -0.1) is 0 Å². The summed E-state index contributed by atoms with van der Waals surface area (Å²) in [6.07, 6.45) is 4.32. The third-order valence-corrected chi connectivity index (χ3v) is 5.11. The highest BCUT2D eigenvalue weighted by atomic mass is 32.1. The van der Waals surface area contributed by atoms with Gasteiger partial charge in [-0.3, -0.25) is 9.69 Å². The van der Waals surface area contributed by atoms with Gasteiger partial charge in [0.1, 0.15) is 5.82 Å². The van der Waals surface area contributed by atoms with Crippen LogP contribution in [0.15, 0.2) is 18.5 Å². The monoisotopic (exact) mass is 404 g/mol. The lowest BCUT2D eigenvalue weighted by Crippen LogP contribution is -2.47. The molecule has 1 aliphatic heterocycles. The molecule has 0 radical (unpaired) electrons. The predicted molar refractivity (Wildman–Crippen MR) is 109 cm³/mol. The van der Waals surface area contributed by atoms with E-state index < -0.39 is 0 Å². The maximum atomic E-state index is 11.2. The van der Waals surface area contributed by atoms with Crippen molar-refractivity contribution in [1.82, 2.24) is 29.2 Å². The van der Waals surface area contributed by atoms with E-state index in [1.807, 2.05) is 15.3 Å². The van der Waals surface area contributed by atoms with E-state index in [0.717, 1.165) is 44.5 Å². The fraction of sp³-hybridized carbons (Fsp3) is 0.611. The lowest BCUT2D eigenvalue weighted by atomic mass is 10.2. The van der Waals surface area contributed by atoms with Crippen molar-refractivity contribution in [1.29, 1.82) is 0 Å². The van der Waals surface area contributed by atoms with Crippen LogP contribution in [-0.2, 0) is 24.4 Å². The van der Waals surface area contributed by atoms with Gasteiger partial charge in [0, 0.05) is 58.0 Å². The van der Waals surface area contributed by atoms with Crippen molar-refractivity contribution < 1.29 is 4.79 Å². The van der Waals surface area contributed by atoms with E-state index in [2.05, 4.69) is 33.6 Å². The van der Waals surface area contributed by atoms with Gasteiger partial charge in [0.25, 0.3) is 0 Å². The van der Waals surface area contributed by atoms with Gasteiger partial charge in [0.2, 0.25) is 11.9 Å². The third-order valence-electron chi connectivity index (χ3n) is 4.68. The van der Waals surface area contributed by atoms with Crippen LogP contribution in [0.3, 0.4) is 0 Å². The van der Waals surface area contributed by atoms with Gasteiger partial charge >= 0.3 is 0 Å². The zero-order valence-electron chi connectivity index (χ0n) is 16.5. The Hall–Kier alpha value is -2.33. The van der Waals surface area contributed by atoms with Crippen molar-refractivity contribution in [3.63, 3.8) is 0 Å². The normalized spacial score (nSPS) is 15.3. The van der Waals surface area contributed by atoms with E-state index in [-0.39, 0.29) is 12.3 Å². The number of hydrogen-bond acceptors (Lipinski definition) is 7. The van der Waals surface area contributed by atoms with E-state index in [9.17, 15) is 4.79 Å². The smallest absolute Gasteiger partial charge is 0.225 e. The lowest BCUT2D eigenvalue weighted by molar-refractivity contribution is -0.118. The van der Waals surface area contributed by atoms with Crippen molar-refractivity contribution >= 4 is 24.1 Å². The predicted octanol–water partition coefficient (Wildman–Crippen LogP) is 1.06. The van der Waals surface area contributed by atoms with Crippen LogP contribution in [0.25, 0.3) is 0 Å².